The zero-order chi connectivity index (χ0) is 11.3. The van der Waals surface area contributed by atoms with Gasteiger partial charge in [0.25, 0.3) is 0 Å². The molecule has 0 amide bonds. The third-order valence-electron chi connectivity index (χ3n) is 3.25. The number of nitrogens with zero attached hydrogens (tertiary/aromatic N) is 3. The highest BCUT2D eigenvalue weighted by molar-refractivity contribution is 7.16. The largest absolute Gasteiger partial charge is 0.390 e. The summed E-state index contributed by atoms with van der Waals surface area (Å²) in [5.41, 5.74) is 8.39. The topological polar surface area (TPSA) is 56.7 Å². The summed E-state index contributed by atoms with van der Waals surface area (Å²) < 4.78 is 2.20. The lowest BCUT2D eigenvalue weighted by Crippen LogP contribution is -1.98. The number of nitrogens with two attached hydrogens (primary N) is 1. The van der Waals surface area contributed by atoms with Gasteiger partial charge in [0.2, 0.25) is 0 Å². The second-order valence-electron chi connectivity index (χ2n) is 4.22. The number of hydrogen-bond acceptors (Lipinski definition) is 4. The lowest BCUT2D eigenvalue weighted by atomic mass is 10.1. The van der Waals surface area contributed by atoms with Crippen LogP contribution in [0.15, 0.2) is 0 Å². The van der Waals surface area contributed by atoms with Gasteiger partial charge in [0.15, 0.2) is 5.82 Å². The zero-order valence-corrected chi connectivity index (χ0v) is 10.3. The van der Waals surface area contributed by atoms with Gasteiger partial charge in [0, 0.05) is 17.8 Å². The summed E-state index contributed by atoms with van der Waals surface area (Å²) in [7, 11) is 0. The van der Waals surface area contributed by atoms with Crippen LogP contribution in [-0.2, 0) is 13.0 Å². The van der Waals surface area contributed by atoms with E-state index in [4.69, 9.17) is 5.73 Å². The Bertz CT molecular complexity index is 553. The normalized spacial score (nSPS) is 14.4. The second-order valence-corrected chi connectivity index (χ2v) is 5.47. The smallest absolute Gasteiger partial charge is 0.167 e. The third-order valence-corrected chi connectivity index (χ3v) is 4.28. The van der Waals surface area contributed by atoms with Crippen LogP contribution in [0.2, 0.25) is 0 Å². The van der Waals surface area contributed by atoms with Crippen LogP contribution >= 0.6 is 11.3 Å². The molecule has 0 saturated carbocycles. The first kappa shape index (κ1) is 9.84. The maximum Gasteiger partial charge on any atom is 0.167 e. The van der Waals surface area contributed by atoms with Gasteiger partial charge in [-0.2, -0.15) is 0 Å². The summed E-state index contributed by atoms with van der Waals surface area (Å²) in [6.07, 6.45) is 2.20. The van der Waals surface area contributed by atoms with Crippen LogP contribution in [0.3, 0.4) is 0 Å². The number of anilines is 1. The average Bonchev–Trinajstić information content (AvgIpc) is 2.86. The van der Waals surface area contributed by atoms with E-state index in [1.54, 1.807) is 11.3 Å². The summed E-state index contributed by atoms with van der Waals surface area (Å²) in [4.78, 5) is 1.27. The highest BCUT2D eigenvalue weighted by atomic mass is 32.1. The summed E-state index contributed by atoms with van der Waals surface area (Å²) >= 11 is 1.64. The monoisotopic (exact) mass is 234 g/mol. The summed E-state index contributed by atoms with van der Waals surface area (Å²) in [5, 5.41) is 9.37. The van der Waals surface area contributed by atoms with Crippen LogP contribution < -0.4 is 5.73 Å². The maximum absolute atomic E-state index is 6.06. The average molecular weight is 234 g/mol. The van der Waals surface area contributed by atoms with Crippen molar-refractivity contribution in [1.82, 2.24) is 14.8 Å². The van der Waals surface area contributed by atoms with Gasteiger partial charge in [-0.05, 0) is 25.8 Å². The minimum absolute atomic E-state index is 0.858. The molecule has 0 unspecified atom stereocenters. The minimum Gasteiger partial charge on any atom is -0.390 e. The number of aryl methyl sites for hydroxylation is 2. The molecular weight excluding hydrogens is 220 g/mol. The molecule has 1 aliphatic heterocycles. The van der Waals surface area contributed by atoms with Gasteiger partial charge in [-0.15, -0.1) is 21.5 Å². The van der Waals surface area contributed by atoms with Crippen molar-refractivity contribution < 1.29 is 0 Å². The SMILES string of the molecule is Cc1sc(N)c(-c2nnc3n2CCC3)c1C. The molecule has 0 atom stereocenters. The Balaban J connectivity index is 2.22. The van der Waals surface area contributed by atoms with Crippen molar-refractivity contribution in [3.63, 3.8) is 0 Å². The number of nitrogen functional groups attached to an aromatic ring is 1. The predicted octanol–water partition coefficient (Wildman–Crippen LogP) is 2.15. The Morgan fingerprint density at radius 1 is 1.31 bits per heavy atom. The van der Waals surface area contributed by atoms with E-state index < -0.39 is 0 Å². The molecule has 16 heavy (non-hydrogen) atoms. The first-order valence-electron chi connectivity index (χ1n) is 5.46. The molecule has 0 radical (unpaired) electrons. The molecule has 2 N–H and O–H groups in total. The fourth-order valence-electron chi connectivity index (χ4n) is 2.27. The van der Waals surface area contributed by atoms with Crippen LogP contribution in [0.25, 0.3) is 11.4 Å². The van der Waals surface area contributed by atoms with E-state index in [2.05, 4.69) is 28.6 Å². The van der Waals surface area contributed by atoms with E-state index in [1.807, 2.05) is 0 Å². The molecule has 3 heterocycles. The van der Waals surface area contributed by atoms with Gasteiger partial charge >= 0.3 is 0 Å². The molecule has 5 heteroatoms. The van der Waals surface area contributed by atoms with Crippen molar-refractivity contribution in [3.8, 4) is 11.4 Å². The van der Waals surface area contributed by atoms with Crippen LogP contribution in [0.4, 0.5) is 5.00 Å². The molecule has 84 valence electrons. The van der Waals surface area contributed by atoms with Crippen molar-refractivity contribution in [2.75, 3.05) is 5.73 Å². The van der Waals surface area contributed by atoms with Gasteiger partial charge < -0.3 is 10.3 Å². The van der Waals surface area contributed by atoms with E-state index in [9.17, 15) is 0 Å². The van der Waals surface area contributed by atoms with Crippen molar-refractivity contribution in [3.05, 3.63) is 16.3 Å². The fourth-order valence-corrected chi connectivity index (χ4v) is 3.20. The van der Waals surface area contributed by atoms with Crippen molar-refractivity contribution >= 4 is 16.3 Å². The molecule has 1 aliphatic rings. The van der Waals surface area contributed by atoms with Crippen LogP contribution in [-0.4, -0.2) is 14.8 Å². The van der Waals surface area contributed by atoms with Gasteiger partial charge in [0.05, 0.1) is 10.6 Å². The van der Waals surface area contributed by atoms with Crippen molar-refractivity contribution in [2.24, 2.45) is 0 Å². The predicted molar refractivity (Wildman–Crippen MR) is 65.5 cm³/mol. The van der Waals surface area contributed by atoms with Gasteiger partial charge in [-0.3, -0.25) is 0 Å². The molecule has 3 rings (SSSR count). The Labute approximate surface area is 98.1 Å². The standard InChI is InChI=1S/C11H14N4S/c1-6-7(2)16-10(12)9(6)11-14-13-8-4-3-5-15(8)11/h3-5,12H2,1-2H3. The summed E-state index contributed by atoms with van der Waals surface area (Å²) in [6.45, 7) is 5.22. The lowest BCUT2D eigenvalue weighted by molar-refractivity contribution is 0.748. The lowest BCUT2D eigenvalue weighted by Gasteiger charge is -2.03. The molecular formula is C11H14N4S. The second kappa shape index (κ2) is 3.31. The minimum atomic E-state index is 0.858. The van der Waals surface area contributed by atoms with Crippen molar-refractivity contribution in [2.45, 2.75) is 33.2 Å². The molecule has 0 aromatic carbocycles. The van der Waals surface area contributed by atoms with Gasteiger partial charge in [0.1, 0.15) is 5.82 Å². The fraction of sp³-hybridized carbons (Fsp3) is 0.455. The number of aromatic nitrogens is 3. The van der Waals surface area contributed by atoms with Crippen LogP contribution in [0, 0.1) is 13.8 Å². The maximum atomic E-state index is 6.06. The molecule has 0 bridgehead atoms. The van der Waals surface area contributed by atoms with Gasteiger partial charge in [-0.25, -0.2) is 0 Å². The first-order chi connectivity index (χ1) is 7.68. The molecule has 0 saturated heterocycles. The Morgan fingerprint density at radius 2 is 2.12 bits per heavy atom. The Kier molecular flexibility index (Phi) is 2.04. The number of rotatable bonds is 1. The van der Waals surface area contributed by atoms with E-state index in [-0.39, 0.29) is 0 Å². The highest BCUT2D eigenvalue weighted by Crippen LogP contribution is 2.38. The number of hydrogen-bond donors (Lipinski definition) is 1. The molecule has 2 aromatic rings. The zero-order valence-electron chi connectivity index (χ0n) is 9.45. The highest BCUT2D eigenvalue weighted by Gasteiger charge is 2.22. The van der Waals surface area contributed by atoms with E-state index in [1.165, 1.54) is 16.9 Å². The first-order valence-corrected chi connectivity index (χ1v) is 6.28. The summed E-state index contributed by atoms with van der Waals surface area (Å²) in [6, 6.07) is 0. The molecule has 0 fully saturated rings. The van der Waals surface area contributed by atoms with E-state index >= 15 is 0 Å². The molecule has 4 nitrogen and oxygen atoms in total. The van der Waals surface area contributed by atoms with Gasteiger partial charge in [-0.1, -0.05) is 0 Å². The summed E-state index contributed by atoms with van der Waals surface area (Å²) in [5.74, 6) is 2.05. The Morgan fingerprint density at radius 3 is 2.81 bits per heavy atom. The molecule has 2 aromatic heterocycles. The third kappa shape index (κ3) is 1.21. The Hall–Kier alpha value is -1.36. The van der Waals surface area contributed by atoms with E-state index in [0.717, 1.165) is 35.2 Å². The van der Waals surface area contributed by atoms with E-state index in [0.29, 0.717) is 0 Å². The number of thiophene rings is 1. The molecule has 0 aliphatic carbocycles. The van der Waals surface area contributed by atoms with Crippen LogP contribution in [0.1, 0.15) is 22.7 Å². The number of fused-ring (bicyclic) bond motifs is 1. The quantitative estimate of drug-likeness (QED) is 0.822. The molecule has 0 spiro atoms. The van der Waals surface area contributed by atoms with Crippen molar-refractivity contribution in [1.29, 1.82) is 0 Å². The van der Waals surface area contributed by atoms with Crippen LogP contribution in [0.5, 0.6) is 0 Å².